The third-order valence-corrected chi connectivity index (χ3v) is 7.18. The second-order valence-electron chi connectivity index (χ2n) is 7.33. The summed E-state index contributed by atoms with van der Waals surface area (Å²) in [5.74, 6) is 0.312. The summed E-state index contributed by atoms with van der Waals surface area (Å²) in [7, 11) is 0. The van der Waals surface area contributed by atoms with E-state index in [1.165, 1.54) is 31.3 Å². The second kappa shape index (κ2) is 9.86. The number of thioether (sulfide) groups is 1. The summed E-state index contributed by atoms with van der Waals surface area (Å²) in [6.45, 7) is 9.05. The van der Waals surface area contributed by atoms with Gasteiger partial charge in [0.05, 0.1) is 18.6 Å². The van der Waals surface area contributed by atoms with E-state index < -0.39 is 5.60 Å². The van der Waals surface area contributed by atoms with E-state index in [2.05, 4.69) is 27.0 Å². The Bertz CT molecular complexity index is 420. The SMILES string of the molecule is CCOC(=O)CC1(O)C=C(CC(C)CCC(CC)(CC)SC)CC1. The van der Waals surface area contributed by atoms with E-state index >= 15 is 0 Å². The molecule has 0 amide bonds. The largest absolute Gasteiger partial charge is 0.466 e. The van der Waals surface area contributed by atoms with Crippen LogP contribution in [0.2, 0.25) is 0 Å². The van der Waals surface area contributed by atoms with Crippen LogP contribution < -0.4 is 0 Å². The van der Waals surface area contributed by atoms with E-state index in [0.717, 1.165) is 12.8 Å². The minimum absolute atomic E-state index is 0.0833. The molecule has 24 heavy (non-hydrogen) atoms. The van der Waals surface area contributed by atoms with Gasteiger partial charge in [0.2, 0.25) is 0 Å². The van der Waals surface area contributed by atoms with E-state index in [0.29, 0.717) is 23.7 Å². The van der Waals surface area contributed by atoms with Crippen LogP contribution in [0.3, 0.4) is 0 Å². The molecule has 3 nitrogen and oxygen atoms in total. The van der Waals surface area contributed by atoms with Crippen molar-refractivity contribution in [3.05, 3.63) is 11.6 Å². The number of allylic oxidation sites excluding steroid dienone is 1. The first-order valence-corrected chi connectivity index (χ1v) is 10.7. The molecule has 0 fully saturated rings. The van der Waals surface area contributed by atoms with Crippen molar-refractivity contribution in [2.75, 3.05) is 12.9 Å². The molecule has 1 rings (SSSR count). The Balaban J connectivity index is 2.51. The molecular weight excluding hydrogens is 320 g/mol. The number of esters is 1. The molecule has 140 valence electrons. The first kappa shape index (κ1) is 21.6. The molecule has 0 saturated carbocycles. The van der Waals surface area contributed by atoms with Crippen LogP contribution in [0.5, 0.6) is 0 Å². The van der Waals surface area contributed by atoms with Gasteiger partial charge in [-0.3, -0.25) is 4.79 Å². The Kier molecular flexibility index (Phi) is 8.86. The Hall–Kier alpha value is -0.480. The molecule has 0 aliphatic heterocycles. The summed E-state index contributed by atoms with van der Waals surface area (Å²) < 4.78 is 5.39. The molecule has 0 spiro atoms. The summed E-state index contributed by atoms with van der Waals surface area (Å²) in [5.41, 5.74) is 0.314. The van der Waals surface area contributed by atoms with E-state index in [4.69, 9.17) is 4.74 Å². The van der Waals surface area contributed by atoms with Gasteiger partial charge >= 0.3 is 5.97 Å². The van der Waals surface area contributed by atoms with Crippen molar-refractivity contribution >= 4 is 17.7 Å². The summed E-state index contributed by atoms with van der Waals surface area (Å²) in [6.07, 6.45) is 11.7. The van der Waals surface area contributed by atoms with Crippen molar-refractivity contribution in [1.29, 1.82) is 0 Å². The monoisotopic (exact) mass is 356 g/mol. The second-order valence-corrected chi connectivity index (χ2v) is 8.60. The van der Waals surface area contributed by atoms with Gasteiger partial charge in [0.25, 0.3) is 0 Å². The van der Waals surface area contributed by atoms with E-state index in [1.54, 1.807) is 6.92 Å². The number of ether oxygens (including phenoxy) is 1. The molecule has 1 aliphatic carbocycles. The zero-order valence-corrected chi connectivity index (χ0v) is 17.0. The van der Waals surface area contributed by atoms with Crippen LogP contribution in [0.25, 0.3) is 0 Å². The maximum Gasteiger partial charge on any atom is 0.309 e. The maximum atomic E-state index is 11.6. The van der Waals surface area contributed by atoms with Crippen molar-refractivity contribution in [2.24, 2.45) is 5.92 Å². The van der Waals surface area contributed by atoms with Gasteiger partial charge in [0, 0.05) is 4.75 Å². The van der Waals surface area contributed by atoms with Crippen LogP contribution in [-0.4, -0.2) is 34.3 Å². The summed E-state index contributed by atoms with van der Waals surface area (Å²) >= 11 is 2.01. The topological polar surface area (TPSA) is 46.5 Å². The molecular formula is C20H36O3S. The van der Waals surface area contributed by atoms with Gasteiger partial charge < -0.3 is 9.84 Å². The zero-order valence-electron chi connectivity index (χ0n) is 16.2. The van der Waals surface area contributed by atoms with Gasteiger partial charge in [-0.15, -0.1) is 0 Å². The predicted octanol–water partition coefficient (Wildman–Crippen LogP) is 5.12. The molecule has 0 aromatic heterocycles. The minimum Gasteiger partial charge on any atom is -0.466 e. The molecule has 0 heterocycles. The highest BCUT2D eigenvalue weighted by atomic mass is 32.2. The van der Waals surface area contributed by atoms with Crippen molar-refractivity contribution in [1.82, 2.24) is 0 Å². The zero-order chi connectivity index (χ0) is 18.2. The molecule has 0 aromatic carbocycles. The molecule has 0 aromatic rings. The van der Waals surface area contributed by atoms with Crippen molar-refractivity contribution < 1.29 is 14.6 Å². The maximum absolute atomic E-state index is 11.6. The van der Waals surface area contributed by atoms with Crippen LogP contribution in [0, 0.1) is 5.92 Å². The molecule has 1 N–H and O–H groups in total. The molecule has 4 heteroatoms. The molecule has 0 saturated heterocycles. The highest BCUT2D eigenvalue weighted by Crippen LogP contribution is 2.39. The average molecular weight is 357 g/mol. The van der Waals surface area contributed by atoms with Crippen molar-refractivity contribution in [3.8, 4) is 0 Å². The van der Waals surface area contributed by atoms with Gasteiger partial charge in [-0.25, -0.2) is 0 Å². The van der Waals surface area contributed by atoms with E-state index in [9.17, 15) is 9.90 Å². The fourth-order valence-corrected chi connectivity index (χ4v) is 4.62. The Morgan fingerprint density at radius 2 is 2.08 bits per heavy atom. The average Bonchev–Trinajstić information content (AvgIpc) is 2.90. The smallest absolute Gasteiger partial charge is 0.309 e. The summed E-state index contributed by atoms with van der Waals surface area (Å²) in [5, 5.41) is 10.6. The number of hydrogen-bond acceptors (Lipinski definition) is 4. The molecule has 2 atom stereocenters. The lowest BCUT2D eigenvalue weighted by molar-refractivity contribution is -0.147. The fourth-order valence-electron chi connectivity index (χ4n) is 3.72. The highest BCUT2D eigenvalue weighted by molar-refractivity contribution is 8.00. The van der Waals surface area contributed by atoms with Gasteiger partial charge in [-0.2, -0.15) is 11.8 Å². The number of aliphatic hydroxyl groups is 1. The van der Waals surface area contributed by atoms with Crippen LogP contribution in [0.4, 0.5) is 0 Å². The Morgan fingerprint density at radius 3 is 2.62 bits per heavy atom. The highest BCUT2D eigenvalue weighted by Gasteiger charge is 2.34. The number of carbonyl (C=O) groups excluding carboxylic acids is 1. The number of carbonyl (C=O) groups is 1. The van der Waals surface area contributed by atoms with Gasteiger partial charge in [0.15, 0.2) is 0 Å². The van der Waals surface area contributed by atoms with Crippen LogP contribution >= 0.6 is 11.8 Å². The number of hydrogen-bond donors (Lipinski definition) is 1. The fraction of sp³-hybridized carbons (Fsp3) is 0.850. The summed E-state index contributed by atoms with van der Waals surface area (Å²) in [6, 6.07) is 0. The predicted molar refractivity (Wildman–Crippen MR) is 103 cm³/mol. The molecule has 2 unspecified atom stereocenters. The number of rotatable bonds is 11. The minimum atomic E-state index is -0.989. The van der Waals surface area contributed by atoms with Gasteiger partial charge in [-0.1, -0.05) is 32.4 Å². The van der Waals surface area contributed by atoms with Crippen LogP contribution in [0.15, 0.2) is 11.6 Å². The molecule has 0 bridgehead atoms. The lowest BCUT2D eigenvalue weighted by atomic mass is 9.89. The van der Waals surface area contributed by atoms with Crippen molar-refractivity contribution in [3.63, 3.8) is 0 Å². The lowest BCUT2D eigenvalue weighted by Gasteiger charge is -2.31. The van der Waals surface area contributed by atoms with E-state index in [1.807, 2.05) is 17.8 Å². The van der Waals surface area contributed by atoms with Gasteiger partial charge in [-0.05, 0) is 64.0 Å². The molecule has 1 aliphatic rings. The quantitative estimate of drug-likeness (QED) is 0.412. The molecule has 0 radical (unpaired) electrons. The Morgan fingerprint density at radius 1 is 1.42 bits per heavy atom. The lowest BCUT2D eigenvalue weighted by Crippen LogP contribution is -2.27. The summed E-state index contributed by atoms with van der Waals surface area (Å²) in [4.78, 5) is 11.6. The first-order valence-electron chi connectivity index (χ1n) is 9.45. The van der Waals surface area contributed by atoms with Crippen LogP contribution in [-0.2, 0) is 9.53 Å². The van der Waals surface area contributed by atoms with Crippen LogP contribution in [0.1, 0.15) is 79.1 Å². The van der Waals surface area contributed by atoms with E-state index in [-0.39, 0.29) is 12.4 Å². The van der Waals surface area contributed by atoms with Gasteiger partial charge in [0.1, 0.15) is 0 Å². The first-order chi connectivity index (χ1) is 11.3. The third kappa shape index (κ3) is 6.44. The Labute approximate surface area is 152 Å². The van der Waals surface area contributed by atoms with Crippen molar-refractivity contribution in [2.45, 2.75) is 89.4 Å². The third-order valence-electron chi connectivity index (χ3n) is 5.53. The standard InChI is InChI=1S/C20H36O3S/c1-6-20(7-2,24-5)12-9-16(4)13-17-10-11-19(22,14-17)15-18(21)23-8-3/h14,16,22H,6-13,15H2,1-5H3. The normalized spacial score (nSPS) is 22.3.